The molecule has 1 N–H and O–H groups in total. The molecule has 0 aliphatic heterocycles. The van der Waals surface area contributed by atoms with Crippen LogP contribution in [-0.4, -0.2) is 25.6 Å². The quantitative estimate of drug-likeness (QED) is 0.670. The zero-order valence-corrected chi connectivity index (χ0v) is 10.9. The van der Waals surface area contributed by atoms with Gasteiger partial charge in [0.1, 0.15) is 0 Å². The second kappa shape index (κ2) is 6.11. The van der Waals surface area contributed by atoms with Crippen LogP contribution >= 0.6 is 11.6 Å². The Balaban J connectivity index is 1.87. The lowest BCUT2D eigenvalue weighted by atomic mass is 10.3. The Morgan fingerprint density at radius 3 is 2.95 bits per heavy atom. The first-order chi connectivity index (χ1) is 9.54. The molecule has 0 saturated heterocycles. The van der Waals surface area contributed by atoms with Gasteiger partial charge in [0.25, 0.3) is 0 Å². The summed E-state index contributed by atoms with van der Waals surface area (Å²) in [7, 11) is 0. The SMILES string of the molecule is O=C(CCn1cnc([N+](=O)[O-])n1)Nc1cccc(Cl)c1. The Morgan fingerprint density at radius 1 is 1.50 bits per heavy atom. The highest BCUT2D eigenvalue weighted by atomic mass is 35.5. The Morgan fingerprint density at radius 2 is 2.30 bits per heavy atom. The number of aromatic nitrogens is 3. The Hall–Kier alpha value is -2.48. The van der Waals surface area contributed by atoms with E-state index in [2.05, 4.69) is 15.4 Å². The van der Waals surface area contributed by atoms with Crippen molar-refractivity contribution < 1.29 is 9.72 Å². The van der Waals surface area contributed by atoms with E-state index in [1.54, 1.807) is 24.3 Å². The van der Waals surface area contributed by atoms with Crippen LogP contribution in [0.25, 0.3) is 0 Å². The third-order valence-corrected chi connectivity index (χ3v) is 2.60. The predicted octanol–water partition coefficient (Wildman–Crippen LogP) is 1.87. The number of benzene rings is 1. The van der Waals surface area contributed by atoms with Gasteiger partial charge >= 0.3 is 5.95 Å². The van der Waals surface area contributed by atoms with Crippen LogP contribution in [0.4, 0.5) is 11.6 Å². The largest absolute Gasteiger partial charge is 0.490 e. The highest BCUT2D eigenvalue weighted by molar-refractivity contribution is 6.30. The normalized spacial score (nSPS) is 10.2. The molecule has 0 spiro atoms. The number of nitro groups is 1. The lowest BCUT2D eigenvalue weighted by molar-refractivity contribution is -0.394. The standard InChI is InChI=1S/C11H10ClN5O3/c12-8-2-1-3-9(6-8)14-10(18)4-5-16-7-13-11(15-16)17(19)20/h1-3,6-7H,4-5H2,(H,14,18). The highest BCUT2D eigenvalue weighted by Gasteiger charge is 2.13. The van der Waals surface area contributed by atoms with Crippen molar-refractivity contribution in [2.75, 3.05) is 5.32 Å². The summed E-state index contributed by atoms with van der Waals surface area (Å²) < 4.78 is 1.25. The summed E-state index contributed by atoms with van der Waals surface area (Å²) in [4.78, 5) is 24.9. The number of amides is 1. The van der Waals surface area contributed by atoms with Crippen molar-refractivity contribution in [1.29, 1.82) is 0 Å². The van der Waals surface area contributed by atoms with E-state index in [-0.39, 0.29) is 18.9 Å². The van der Waals surface area contributed by atoms with Gasteiger partial charge in [-0.3, -0.25) is 4.79 Å². The van der Waals surface area contributed by atoms with Crippen molar-refractivity contribution in [3.63, 3.8) is 0 Å². The summed E-state index contributed by atoms with van der Waals surface area (Å²) in [6, 6.07) is 6.76. The fourth-order valence-corrected chi connectivity index (χ4v) is 1.67. The molecule has 1 aromatic carbocycles. The molecule has 0 saturated carbocycles. The molecular weight excluding hydrogens is 286 g/mol. The molecule has 0 radical (unpaired) electrons. The van der Waals surface area contributed by atoms with E-state index < -0.39 is 10.9 Å². The van der Waals surface area contributed by atoms with Crippen LogP contribution < -0.4 is 5.32 Å². The number of aryl methyl sites for hydroxylation is 1. The van der Waals surface area contributed by atoms with E-state index in [1.807, 2.05) is 0 Å². The molecule has 1 heterocycles. The van der Waals surface area contributed by atoms with Gasteiger partial charge in [0.2, 0.25) is 12.2 Å². The molecule has 2 rings (SSSR count). The van der Waals surface area contributed by atoms with Gasteiger partial charge in [0.15, 0.2) is 0 Å². The van der Waals surface area contributed by atoms with Crippen LogP contribution in [0.2, 0.25) is 5.02 Å². The highest BCUT2D eigenvalue weighted by Crippen LogP contribution is 2.15. The van der Waals surface area contributed by atoms with E-state index in [0.29, 0.717) is 10.7 Å². The molecule has 8 nitrogen and oxygen atoms in total. The molecule has 0 fully saturated rings. The smallest absolute Gasteiger partial charge is 0.390 e. The summed E-state index contributed by atoms with van der Waals surface area (Å²) in [6.07, 6.45) is 1.33. The molecule has 0 bridgehead atoms. The molecule has 0 unspecified atom stereocenters. The van der Waals surface area contributed by atoms with Gasteiger partial charge in [-0.1, -0.05) is 22.7 Å². The molecule has 104 valence electrons. The van der Waals surface area contributed by atoms with Crippen molar-refractivity contribution in [3.8, 4) is 0 Å². The maximum absolute atomic E-state index is 11.7. The monoisotopic (exact) mass is 295 g/mol. The van der Waals surface area contributed by atoms with Crippen molar-refractivity contribution in [3.05, 3.63) is 45.7 Å². The van der Waals surface area contributed by atoms with Gasteiger partial charge in [-0.05, 0) is 23.1 Å². The maximum Gasteiger partial charge on any atom is 0.490 e. The van der Waals surface area contributed by atoms with Crippen molar-refractivity contribution in [2.24, 2.45) is 0 Å². The van der Waals surface area contributed by atoms with Crippen LogP contribution in [0.3, 0.4) is 0 Å². The lowest BCUT2D eigenvalue weighted by Gasteiger charge is -2.04. The summed E-state index contributed by atoms with van der Waals surface area (Å²) in [5.41, 5.74) is 0.590. The van der Waals surface area contributed by atoms with Crippen LogP contribution in [0.5, 0.6) is 0 Å². The average Bonchev–Trinajstić information content (AvgIpc) is 2.85. The number of nitrogens with zero attached hydrogens (tertiary/aromatic N) is 4. The Kier molecular flexibility index (Phi) is 4.26. The molecule has 9 heteroatoms. The van der Waals surface area contributed by atoms with E-state index in [1.165, 1.54) is 11.0 Å². The maximum atomic E-state index is 11.7. The van der Waals surface area contributed by atoms with Gasteiger partial charge in [-0.15, -0.1) is 0 Å². The minimum Gasteiger partial charge on any atom is -0.390 e. The number of hydrogen-bond donors (Lipinski definition) is 1. The number of carbonyl (C=O) groups is 1. The Bertz CT molecular complexity index is 642. The number of hydrogen-bond acceptors (Lipinski definition) is 5. The van der Waals surface area contributed by atoms with E-state index in [0.717, 1.165) is 0 Å². The second-order valence-electron chi connectivity index (χ2n) is 3.87. The summed E-state index contributed by atoms with van der Waals surface area (Å²) in [6.45, 7) is 0.202. The molecule has 0 atom stereocenters. The molecule has 20 heavy (non-hydrogen) atoms. The van der Waals surface area contributed by atoms with Crippen molar-refractivity contribution in [2.45, 2.75) is 13.0 Å². The fraction of sp³-hybridized carbons (Fsp3) is 0.182. The van der Waals surface area contributed by atoms with Gasteiger partial charge in [0, 0.05) is 22.2 Å². The first-order valence-electron chi connectivity index (χ1n) is 5.64. The van der Waals surface area contributed by atoms with Crippen molar-refractivity contribution in [1.82, 2.24) is 14.8 Å². The molecule has 1 aromatic heterocycles. The fourth-order valence-electron chi connectivity index (χ4n) is 1.48. The van der Waals surface area contributed by atoms with E-state index in [9.17, 15) is 14.9 Å². The number of anilines is 1. The summed E-state index contributed by atoms with van der Waals surface area (Å²) in [5.74, 6) is -0.731. The third kappa shape index (κ3) is 3.75. The van der Waals surface area contributed by atoms with E-state index in [4.69, 9.17) is 11.6 Å². The first-order valence-corrected chi connectivity index (χ1v) is 6.01. The number of carbonyl (C=O) groups excluding carboxylic acids is 1. The second-order valence-corrected chi connectivity index (χ2v) is 4.31. The van der Waals surface area contributed by atoms with Gasteiger partial charge in [-0.2, -0.15) is 4.68 Å². The topological polar surface area (TPSA) is 103 Å². The minimum atomic E-state index is -0.692. The van der Waals surface area contributed by atoms with Crippen molar-refractivity contribution >= 4 is 29.1 Å². The lowest BCUT2D eigenvalue weighted by Crippen LogP contribution is -2.14. The van der Waals surface area contributed by atoms with Gasteiger partial charge in [-0.25, -0.2) is 0 Å². The minimum absolute atomic E-state index is 0.118. The third-order valence-electron chi connectivity index (χ3n) is 2.36. The zero-order chi connectivity index (χ0) is 14.5. The van der Waals surface area contributed by atoms with Gasteiger partial charge < -0.3 is 15.4 Å². The molecule has 0 aliphatic rings. The number of rotatable bonds is 5. The Labute approximate surface area is 118 Å². The molecular formula is C11H10ClN5O3. The summed E-state index contributed by atoms with van der Waals surface area (Å²) in [5, 5.41) is 17.2. The van der Waals surface area contributed by atoms with Crippen LogP contribution in [0.1, 0.15) is 6.42 Å². The molecule has 1 amide bonds. The molecule has 0 aliphatic carbocycles. The number of nitrogens with one attached hydrogen (secondary N) is 1. The van der Waals surface area contributed by atoms with Crippen LogP contribution in [0.15, 0.2) is 30.6 Å². The molecule has 2 aromatic rings. The predicted molar refractivity (Wildman–Crippen MR) is 71.4 cm³/mol. The zero-order valence-electron chi connectivity index (χ0n) is 10.2. The summed E-state index contributed by atoms with van der Waals surface area (Å²) >= 11 is 5.80. The van der Waals surface area contributed by atoms with Gasteiger partial charge in [0.05, 0.1) is 6.54 Å². The van der Waals surface area contributed by atoms with Crippen LogP contribution in [-0.2, 0) is 11.3 Å². The average molecular weight is 296 g/mol. The van der Waals surface area contributed by atoms with E-state index >= 15 is 0 Å². The number of halogens is 1. The first kappa shape index (κ1) is 13.9. The van der Waals surface area contributed by atoms with Crippen LogP contribution in [0, 0.1) is 10.1 Å².